The smallest absolute Gasteiger partial charge is 0.338 e. The zero-order chi connectivity index (χ0) is 16.4. The number of nitro benzene ring substituents is 1. The van der Waals surface area contributed by atoms with Crippen LogP contribution in [-0.4, -0.2) is 22.5 Å². The van der Waals surface area contributed by atoms with Crippen molar-refractivity contribution < 1.29 is 18.9 Å². The van der Waals surface area contributed by atoms with E-state index in [4.69, 9.17) is 9.15 Å². The van der Waals surface area contributed by atoms with E-state index in [1.807, 2.05) is 0 Å². The lowest BCUT2D eigenvalue weighted by atomic mass is 10.2. The Labute approximate surface area is 130 Å². The van der Waals surface area contributed by atoms with Crippen LogP contribution >= 0.6 is 0 Å². The monoisotopic (exact) mass is 312 g/mol. The van der Waals surface area contributed by atoms with Gasteiger partial charge >= 0.3 is 5.97 Å². The lowest BCUT2D eigenvalue weighted by molar-refractivity contribution is -0.384. The quantitative estimate of drug-likeness (QED) is 0.415. The van der Waals surface area contributed by atoms with Crippen molar-refractivity contribution in [2.24, 2.45) is 0 Å². The first-order chi connectivity index (χ1) is 11.1. The molecule has 0 radical (unpaired) electrons. The Morgan fingerprint density at radius 1 is 1.26 bits per heavy atom. The standard InChI is InChI=1S/C16H12N2O5/c1-2-22-16(19)11-5-8-14-13(9-11)17-15(23-14)10-3-6-12(7-4-10)18(20)21/h3-9H,2H2,1H3. The van der Waals surface area contributed by atoms with Gasteiger partial charge in [0.2, 0.25) is 5.89 Å². The number of esters is 1. The third-order valence-corrected chi connectivity index (χ3v) is 3.22. The number of ether oxygens (including phenoxy) is 1. The maximum Gasteiger partial charge on any atom is 0.338 e. The fourth-order valence-electron chi connectivity index (χ4n) is 2.12. The summed E-state index contributed by atoms with van der Waals surface area (Å²) in [5.41, 5.74) is 2.04. The molecule has 0 aliphatic rings. The Morgan fingerprint density at radius 3 is 2.65 bits per heavy atom. The van der Waals surface area contributed by atoms with Gasteiger partial charge in [0.1, 0.15) is 5.52 Å². The summed E-state index contributed by atoms with van der Waals surface area (Å²) in [6.07, 6.45) is 0. The third kappa shape index (κ3) is 2.89. The van der Waals surface area contributed by atoms with Gasteiger partial charge in [0.25, 0.3) is 5.69 Å². The van der Waals surface area contributed by atoms with Gasteiger partial charge in [-0.25, -0.2) is 9.78 Å². The van der Waals surface area contributed by atoms with Gasteiger partial charge in [-0.2, -0.15) is 0 Å². The average molecular weight is 312 g/mol. The van der Waals surface area contributed by atoms with Crippen LogP contribution in [0.4, 0.5) is 5.69 Å². The van der Waals surface area contributed by atoms with E-state index >= 15 is 0 Å². The topological polar surface area (TPSA) is 95.5 Å². The second-order valence-corrected chi connectivity index (χ2v) is 4.73. The zero-order valence-electron chi connectivity index (χ0n) is 12.2. The maximum atomic E-state index is 11.7. The molecule has 0 spiro atoms. The second-order valence-electron chi connectivity index (χ2n) is 4.73. The summed E-state index contributed by atoms with van der Waals surface area (Å²) in [7, 11) is 0. The Bertz CT molecular complexity index is 883. The maximum absolute atomic E-state index is 11.7. The molecule has 116 valence electrons. The molecule has 3 rings (SSSR count). The number of nitrogens with zero attached hydrogens (tertiary/aromatic N) is 2. The molecule has 0 aliphatic carbocycles. The third-order valence-electron chi connectivity index (χ3n) is 3.22. The molecule has 0 unspecified atom stereocenters. The lowest BCUT2D eigenvalue weighted by Crippen LogP contribution is -2.03. The minimum absolute atomic E-state index is 0.00513. The molecule has 0 amide bonds. The molecule has 0 saturated heterocycles. The molecule has 0 atom stereocenters. The summed E-state index contributed by atoms with van der Waals surface area (Å²) >= 11 is 0. The van der Waals surface area contributed by atoms with Gasteiger partial charge in [0.15, 0.2) is 5.58 Å². The first kappa shape index (κ1) is 14.7. The number of carbonyl (C=O) groups is 1. The fraction of sp³-hybridized carbons (Fsp3) is 0.125. The number of carbonyl (C=O) groups excluding carboxylic acids is 1. The highest BCUT2D eigenvalue weighted by molar-refractivity contribution is 5.93. The highest BCUT2D eigenvalue weighted by atomic mass is 16.6. The number of nitro groups is 1. The molecule has 1 aromatic heterocycles. The van der Waals surface area contributed by atoms with Crippen molar-refractivity contribution in [3.05, 3.63) is 58.1 Å². The Kier molecular flexibility index (Phi) is 3.76. The Hall–Kier alpha value is -3.22. The summed E-state index contributed by atoms with van der Waals surface area (Å²) in [6.45, 7) is 2.03. The average Bonchev–Trinajstić information content (AvgIpc) is 2.98. The Balaban J connectivity index is 1.96. The van der Waals surface area contributed by atoms with Gasteiger partial charge in [-0.15, -0.1) is 0 Å². The van der Waals surface area contributed by atoms with Gasteiger partial charge in [-0.05, 0) is 37.3 Å². The number of hydrogen-bond donors (Lipinski definition) is 0. The van der Waals surface area contributed by atoms with Crippen molar-refractivity contribution >= 4 is 22.8 Å². The van der Waals surface area contributed by atoms with Crippen LogP contribution in [0.2, 0.25) is 0 Å². The van der Waals surface area contributed by atoms with Crippen LogP contribution < -0.4 is 0 Å². The largest absolute Gasteiger partial charge is 0.462 e. The molecular weight excluding hydrogens is 300 g/mol. The molecule has 23 heavy (non-hydrogen) atoms. The minimum atomic E-state index is -0.471. The predicted molar refractivity (Wildman–Crippen MR) is 82.1 cm³/mol. The summed E-state index contributed by atoms with van der Waals surface area (Å²) in [4.78, 5) is 26.2. The zero-order valence-corrected chi connectivity index (χ0v) is 12.2. The molecular formula is C16H12N2O5. The molecule has 3 aromatic rings. The van der Waals surface area contributed by atoms with E-state index < -0.39 is 10.9 Å². The molecule has 1 heterocycles. The minimum Gasteiger partial charge on any atom is -0.462 e. The molecule has 2 aromatic carbocycles. The molecule has 0 bridgehead atoms. The van der Waals surface area contributed by atoms with Gasteiger partial charge in [0, 0.05) is 17.7 Å². The Morgan fingerprint density at radius 2 is 2.00 bits per heavy atom. The summed E-state index contributed by atoms with van der Waals surface area (Å²) in [6, 6.07) is 10.7. The van der Waals surface area contributed by atoms with E-state index in [0.717, 1.165) is 0 Å². The van der Waals surface area contributed by atoms with E-state index in [2.05, 4.69) is 4.98 Å². The lowest BCUT2D eigenvalue weighted by Gasteiger charge is -2.00. The van der Waals surface area contributed by atoms with Crippen LogP contribution in [0.5, 0.6) is 0 Å². The van der Waals surface area contributed by atoms with Crippen LogP contribution in [0.25, 0.3) is 22.6 Å². The van der Waals surface area contributed by atoms with Crippen LogP contribution in [0.3, 0.4) is 0 Å². The second kappa shape index (κ2) is 5.88. The molecule has 0 N–H and O–H groups in total. The number of rotatable bonds is 4. The normalized spacial score (nSPS) is 10.7. The van der Waals surface area contributed by atoms with Gasteiger partial charge in [-0.3, -0.25) is 10.1 Å². The number of fused-ring (bicyclic) bond motifs is 1. The van der Waals surface area contributed by atoms with Crippen molar-refractivity contribution in [3.8, 4) is 11.5 Å². The number of hydrogen-bond acceptors (Lipinski definition) is 6. The van der Waals surface area contributed by atoms with E-state index in [9.17, 15) is 14.9 Å². The first-order valence-corrected chi connectivity index (χ1v) is 6.91. The van der Waals surface area contributed by atoms with Crippen molar-refractivity contribution in [3.63, 3.8) is 0 Å². The first-order valence-electron chi connectivity index (χ1n) is 6.91. The molecule has 7 nitrogen and oxygen atoms in total. The van der Waals surface area contributed by atoms with Crippen molar-refractivity contribution in [1.82, 2.24) is 4.98 Å². The number of oxazole rings is 1. The van der Waals surface area contributed by atoms with Gasteiger partial charge in [0.05, 0.1) is 17.1 Å². The number of benzene rings is 2. The van der Waals surface area contributed by atoms with Crippen LogP contribution in [0.1, 0.15) is 17.3 Å². The summed E-state index contributed by atoms with van der Waals surface area (Å²) < 4.78 is 10.6. The van der Waals surface area contributed by atoms with E-state index in [1.165, 1.54) is 12.1 Å². The summed E-state index contributed by atoms with van der Waals surface area (Å²) in [5.74, 6) is -0.0924. The van der Waals surface area contributed by atoms with Crippen LogP contribution in [-0.2, 0) is 4.74 Å². The molecule has 0 aliphatic heterocycles. The molecule has 0 saturated carbocycles. The van der Waals surface area contributed by atoms with E-state index in [0.29, 0.717) is 34.7 Å². The van der Waals surface area contributed by atoms with Crippen molar-refractivity contribution in [2.75, 3.05) is 6.61 Å². The van der Waals surface area contributed by atoms with Gasteiger partial charge in [-0.1, -0.05) is 0 Å². The van der Waals surface area contributed by atoms with E-state index in [-0.39, 0.29) is 5.69 Å². The molecule has 0 fully saturated rings. The SMILES string of the molecule is CCOC(=O)c1ccc2oc(-c3ccc([N+](=O)[O-])cc3)nc2c1. The van der Waals surface area contributed by atoms with Crippen LogP contribution in [0.15, 0.2) is 46.9 Å². The summed E-state index contributed by atoms with van der Waals surface area (Å²) in [5, 5.41) is 10.7. The van der Waals surface area contributed by atoms with Crippen molar-refractivity contribution in [1.29, 1.82) is 0 Å². The molecule has 7 heteroatoms. The van der Waals surface area contributed by atoms with E-state index in [1.54, 1.807) is 37.3 Å². The van der Waals surface area contributed by atoms with Crippen LogP contribution in [0, 0.1) is 10.1 Å². The van der Waals surface area contributed by atoms with Crippen molar-refractivity contribution in [2.45, 2.75) is 6.92 Å². The predicted octanol–water partition coefficient (Wildman–Crippen LogP) is 3.58. The fourth-order valence-corrected chi connectivity index (χ4v) is 2.12. The highest BCUT2D eigenvalue weighted by Gasteiger charge is 2.13. The number of non-ortho nitro benzene ring substituents is 1. The number of aromatic nitrogens is 1. The van der Waals surface area contributed by atoms with Gasteiger partial charge < -0.3 is 9.15 Å². The highest BCUT2D eigenvalue weighted by Crippen LogP contribution is 2.26.